The van der Waals surface area contributed by atoms with Crippen molar-refractivity contribution >= 4 is 51.7 Å². The first-order valence-corrected chi connectivity index (χ1v) is 20.3. The second-order valence-corrected chi connectivity index (χ2v) is 18.3. The van der Waals surface area contributed by atoms with E-state index in [2.05, 4.69) is 16.6 Å². The van der Waals surface area contributed by atoms with E-state index in [1.165, 1.54) is 23.1 Å². The van der Waals surface area contributed by atoms with Gasteiger partial charge >= 0.3 is 24.1 Å². The molecule has 2 aliphatic carbocycles. The number of benzene rings is 1. The van der Waals surface area contributed by atoms with Crippen LogP contribution in [0, 0.1) is 23.1 Å². The van der Waals surface area contributed by atoms with Crippen LogP contribution in [-0.2, 0) is 66.0 Å². The molecule has 6 rings (SSSR count). The van der Waals surface area contributed by atoms with E-state index in [-0.39, 0.29) is 32.5 Å². The number of likely N-dealkylation sites (tertiary alicyclic amines) is 1. The van der Waals surface area contributed by atoms with Crippen LogP contribution in [0.15, 0.2) is 30.9 Å². The van der Waals surface area contributed by atoms with Crippen molar-refractivity contribution in [2.75, 3.05) is 13.2 Å². The fourth-order valence-corrected chi connectivity index (χ4v) is 8.85. The zero-order valence-electron chi connectivity index (χ0n) is 32.1. The molecule has 2 saturated heterocycles. The monoisotopic (exact) mass is 818 g/mol. The number of carbonyl (C=O) groups excluding carboxylic acids is 7. The highest BCUT2D eigenvalue weighted by molar-refractivity contribution is 7.90. The van der Waals surface area contributed by atoms with Gasteiger partial charge in [-0.25, -0.2) is 27.2 Å². The smallest absolute Gasteiger partial charge is 0.410 e. The lowest BCUT2D eigenvalue weighted by molar-refractivity contribution is -0.174. The second kappa shape index (κ2) is 15.7. The SMILES string of the molecule is C=C[C@@H]1C[C@]1(CC(=O)[C@@H]1CC(OC(=O)N2Cc3cccc(F)c3C2)CN1C(=O)[C@H](COC(=O)N[C@@H]1C(=O)O[C@@H]1C)CC(=O)OC(C)(C)C)C(=O)NS(=O)(=O)C1CC1. The highest BCUT2D eigenvalue weighted by Gasteiger charge is 2.61. The van der Waals surface area contributed by atoms with Gasteiger partial charge in [0, 0.05) is 24.9 Å². The highest BCUT2D eigenvalue weighted by Crippen LogP contribution is 2.57. The number of rotatable bonds is 14. The Labute approximate surface area is 329 Å². The van der Waals surface area contributed by atoms with Crippen LogP contribution in [0.4, 0.5) is 14.0 Å². The van der Waals surface area contributed by atoms with E-state index in [1.54, 1.807) is 33.8 Å². The van der Waals surface area contributed by atoms with Gasteiger partial charge in [-0.3, -0.25) is 28.8 Å². The normalized spacial score (nSPS) is 26.9. The summed E-state index contributed by atoms with van der Waals surface area (Å²) in [5.41, 5.74) is -1.50. The maximum atomic E-state index is 14.5. The van der Waals surface area contributed by atoms with Gasteiger partial charge in [0.2, 0.25) is 21.8 Å². The summed E-state index contributed by atoms with van der Waals surface area (Å²) in [6.45, 7) is 9.07. The third-order valence-electron chi connectivity index (χ3n) is 10.8. The van der Waals surface area contributed by atoms with E-state index in [9.17, 15) is 46.4 Å². The summed E-state index contributed by atoms with van der Waals surface area (Å²) in [4.78, 5) is 95.6. The van der Waals surface area contributed by atoms with Crippen LogP contribution >= 0.6 is 0 Å². The lowest BCUT2D eigenvalue weighted by Crippen LogP contribution is -2.58. The van der Waals surface area contributed by atoms with Crippen molar-refractivity contribution < 1.29 is 65.3 Å². The average molecular weight is 819 g/mol. The molecule has 3 aliphatic heterocycles. The minimum absolute atomic E-state index is 0.0582. The summed E-state index contributed by atoms with van der Waals surface area (Å²) in [5.74, 6) is -6.33. The van der Waals surface area contributed by atoms with Crippen molar-refractivity contribution in [3.63, 3.8) is 0 Å². The van der Waals surface area contributed by atoms with E-state index >= 15 is 0 Å². The van der Waals surface area contributed by atoms with E-state index in [4.69, 9.17) is 18.9 Å². The molecule has 4 amide bonds. The number of carbonyl (C=O) groups is 7. The molecular formula is C38H47FN4O13S. The van der Waals surface area contributed by atoms with Crippen molar-refractivity contribution in [1.82, 2.24) is 19.8 Å². The van der Waals surface area contributed by atoms with Gasteiger partial charge in [-0.2, -0.15) is 0 Å². The number of fused-ring (bicyclic) bond motifs is 1. The molecule has 310 valence electrons. The number of sulfonamides is 1. The number of esters is 2. The third kappa shape index (κ3) is 9.23. The minimum Gasteiger partial charge on any atom is -0.460 e. The van der Waals surface area contributed by atoms with Gasteiger partial charge < -0.3 is 29.2 Å². The molecule has 1 aromatic rings. The Kier molecular flexibility index (Phi) is 11.4. The van der Waals surface area contributed by atoms with Crippen LogP contribution in [0.1, 0.15) is 77.3 Å². The number of amides is 4. The van der Waals surface area contributed by atoms with E-state index in [0.29, 0.717) is 24.0 Å². The lowest BCUT2D eigenvalue weighted by Gasteiger charge is -2.32. The number of allylic oxidation sites excluding steroid dienone is 1. The topological polar surface area (TPSA) is 221 Å². The van der Waals surface area contributed by atoms with Crippen molar-refractivity contribution in [3.05, 3.63) is 47.8 Å². The van der Waals surface area contributed by atoms with Gasteiger partial charge in [0.05, 0.1) is 42.1 Å². The molecule has 19 heteroatoms. The zero-order chi connectivity index (χ0) is 41.6. The second-order valence-electron chi connectivity index (χ2n) is 16.4. The summed E-state index contributed by atoms with van der Waals surface area (Å²) in [6.07, 6.45) is -2.56. The van der Waals surface area contributed by atoms with E-state index < -0.39 is 129 Å². The van der Waals surface area contributed by atoms with Crippen molar-refractivity contribution in [2.45, 2.75) is 114 Å². The predicted molar refractivity (Wildman–Crippen MR) is 194 cm³/mol. The number of alkyl carbamates (subject to hydrolysis) is 1. The Morgan fingerprint density at radius 1 is 1.14 bits per heavy atom. The van der Waals surface area contributed by atoms with E-state index in [1.807, 2.05) is 0 Å². The molecule has 2 N–H and O–H groups in total. The molecular weight excluding hydrogens is 771 g/mol. The molecule has 1 aromatic carbocycles. The first-order chi connectivity index (χ1) is 26.7. The minimum atomic E-state index is -3.97. The number of cyclic esters (lactones) is 1. The Morgan fingerprint density at radius 3 is 2.46 bits per heavy atom. The molecule has 5 aliphatic rings. The lowest BCUT2D eigenvalue weighted by atomic mass is 9.91. The predicted octanol–water partition coefficient (Wildman–Crippen LogP) is 2.40. The Balaban J connectivity index is 1.23. The standard InChI is InChI=1S/C38H47FN4O13S/c1-6-23-14-38(23,34(48)41-57(51,52)25-10-11-25)15-29(44)28-13-24(55-36(50)42-16-21-8-7-9-27(39)26(21)18-42)17-43(28)32(46)22(12-30(45)56-37(3,4)5)19-53-35(49)40-31-20(2)54-33(31)47/h6-9,20,22-25,28,31H,1,10-19H2,2-5H3,(H,40,49)(H,41,48)/t20-,22+,23-,24?,28+,31+,38-/m1/s1. The summed E-state index contributed by atoms with van der Waals surface area (Å²) in [5, 5.41) is 1.64. The van der Waals surface area contributed by atoms with Crippen molar-refractivity contribution in [2.24, 2.45) is 17.3 Å². The van der Waals surface area contributed by atoms with Gasteiger partial charge in [-0.1, -0.05) is 18.2 Å². The third-order valence-corrected chi connectivity index (χ3v) is 12.6. The van der Waals surface area contributed by atoms with Crippen LogP contribution in [-0.4, -0.2) is 108 Å². The maximum absolute atomic E-state index is 14.5. The highest BCUT2D eigenvalue weighted by atomic mass is 32.2. The average Bonchev–Trinajstić information content (AvgIpc) is 4.02. The number of nitrogens with zero attached hydrogens (tertiary/aromatic N) is 2. The molecule has 1 unspecified atom stereocenters. The van der Waals surface area contributed by atoms with Crippen LogP contribution in [0.3, 0.4) is 0 Å². The van der Waals surface area contributed by atoms with Crippen molar-refractivity contribution in [3.8, 4) is 0 Å². The molecule has 4 fully saturated rings. The number of ether oxygens (including phenoxy) is 4. The molecule has 7 atom stereocenters. The first-order valence-electron chi connectivity index (χ1n) is 18.8. The summed E-state index contributed by atoms with van der Waals surface area (Å²) < 4.78 is 63.3. The molecule has 3 heterocycles. The Morgan fingerprint density at radius 2 is 1.86 bits per heavy atom. The molecule has 0 bridgehead atoms. The number of nitrogens with one attached hydrogen (secondary N) is 2. The van der Waals surface area contributed by atoms with Gasteiger partial charge in [-0.15, -0.1) is 6.58 Å². The largest absolute Gasteiger partial charge is 0.460 e. The van der Waals surface area contributed by atoms with Gasteiger partial charge in [0.15, 0.2) is 11.8 Å². The van der Waals surface area contributed by atoms with Gasteiger partial charge in [-0.05, 0) is 64.5 Å². The van der Waals surface area contributed by atoms with Crippen molar-refractivity contribution in [1.29, 1.82) is 0 Å². The number of halogens is 1. The number of hydrogen-bond donors (Lipinski definition) is 2. The summed E-state index contributed by atoms with van der Waals surface area (Å²) >= 11 is 0. The van der Waals surface area contributed by atoms with Gasteiger partial charge in [0.25, 0.3) is 0 Å². The number of hydrogen-bond acceptors (Lipinski definition) is 13. The number of ketones is 1. The molecule has 0 spiro atoms. The van der Waals surface area contributed by atoms with Crippen LogP contribution in [0.25, 0.3) is 0 Å². The van der Waals surface area contributed by atoms with Crippen LogP contribution < -0.4 is 10.0 Å². The van der Waals surface area contributed by atoms with Crippen LogP contribution in [0.2, 0.25) is 0 Å². The molecule has 0 radical (unpaired) electrons. The molecule has 2 saturated carbocycles. The first kappa shape index (κ1) is 41.6. The molecule has 0 aromatic heterocycles. The number of Topliss-reactive ketones (excluding diaryl/α,β-unsaturated/α-hetero) is 1. The quantitative estimate of drug-likeness (QED) is 0.157. The summed E-state index contributed by atoms with van der Waals surface area (Å²) in [7, 11) is -3.97. The fraction of sp³-hybridized carbons (Fsp3) is 0.605. The zero-order valence-corrected chi connectivity index (χ0v) is 32.9. The molecule has 17 nitrogen and oxygen atoms in total. The Hall–Kier alpha value is -5.07. The summed E-state index contributed by atoms with van der Waals surface area (Å²) in [6, 6.07) is 2.16. The van der Waals surface area contributed by atoms with Gasteiger partial charge in [0.1, 0.15) is 30.2 Å². The fourth-order valence-electron chi connectivity index (χ4n) is 7.47. The maximum Gasteiger partial charge on any atom is 0.410 e. The Bertz CT molecular complexity index is 1980. The van der Waals surface area contributed by atoms with Crippen LogP contribution in [0.5, 0.6) is 0 Å². The van der Waals surface area contributed by atoms with E-state index in [0.717, 1.165) is 4.90 Å². The molecule has 57 heavy (non-hydrogen) atoms.